The van der Waals surface area contributed by atoms with Crippen LogP contribution in [0.5, 0.6) is 11.5 Å². The Kier molecular flexibility index (Phi) is 6.16. The number of hydrogen-bond acceptors (Lipinski definition) is 3. The minimum Gasteiger partial charge on any atom is -0.496 e. The lowest BCUT2D eigenvalue weighted by Gasteiger charge is -2.13. The van der Waals surface area contributed by atoms with E-state index in [2.05, 4.69) is 5.32 Å². The highest BCUT2D eigenvalue weighted by atomic mass is 35.5. The number of amides is 1. The average Bonchev–Trinajstić information content (AvgIpc) is 2.70. The first-order valence-corrected chi connectivity index (χ1v) is 8.97. The molecular formula is C22H19ClFNO3. The molecule has 0 aliphatic heterocycles. The third-order valence-electron chi connectivity index (χ3n) is 4.14. The molecule has 0 spiro atoms. The van der Waals surface area contributed by atoms with Gasteiger partial charge in [-0.2, -0.15) is 0 Å². The fraction of sp³-hybridized carbons (Fsp3) is 0.136. The van der Waals surface area contributed by atoms with Crippen LogP contribution in [0.3, 0.4) is 0 Å². The summed E-state index contributed by atoms with van der Waals surface area (Å²) in [4.78, 5) is 12.5. The van der Waals surface area contributed by atoms with Crippen LogP contribution in [-0.4, -0.2) is 13.0 Å². The summed E-state index contributed by atoms with van der Waals surface area (Å²) in [5, 5.41) is 2.64. The predicted octanol–water partition coefficient (Wildman–Crippen LogP) is 5.63. The van der Waals surface area contributed by atoms with Gasteiger partial charge in [0, 0.05) is 16.8 Å². The predicted molar refractivity (Wildman–Crippen MR) is 108 cm³/mol. The van der Waals surface area contributed by atoms with E-state index in [-0.39, 0.29) is 17.5 Å². The van der Waals surface area contributed by atoms with Gasteiger partial charge in [0.1, 0.15) is 23.9 Å². The lowest BCUT2D eigenvalue weighted by Crippen LogP contribution is -2.13. The van der Waals surface area contributed by atoms with Gasteiger partial charge in [0.15, 0.2) is 0 Å². The van der Waals surface area contributed by atoms with E-state index in [9.17, 15) is 9.18 Å². The fourth-order valence-electron chi connectivity index (χ4n) is 2.61. The summed E-state index contributed by atoms with van der Waals surface area (Å²) in [6.45, 7) is 2.25. The highest BCUT2D eigenvalue weighted by molar-refractivity contribution is 6.31. The van der Waals surface area contributed by atoms with Gasteiger partial charge in [0.2, 0.25) is 0 Å². The summed E-state index contributed by atoms with van der Waals surface area (Å²) in [6, 6.07) is 16.8. The molecule has 1 N–H and O–H groups in total. The van der Waals surface area contributed by atoms with Gasteiger partial charge in [-0.25, -0.2) is 4.39 Å². The van der Waals surface area contributed by atoms with Crippen LogP contribution in [0.4, 0.5) is 10.1 Å². The molecule has 6 heteroatoms. The van der Waals surface area contributed by atoms with Gasteiger partial charge in [0.25, 0.3) is 5.91 Å². The second kappa shape index (κ2) is 8.76. The molecule has 0 heterocycles. The van der Waals surface area contributed by atoms with Crippen molar-refractivity contribution in [1.82, 2.24) is 0 Å². The second-order valence-corrected chi connectivity index (χ2v) is 6.62. The molecule has 0 radical (unpaired) electrons. The van der Waals surface area contributed by atoms with Crippen molar-refractivity contribution in [2.75, 3.05) is 12.4 Å². The van der Waals surface area contributed by atoms with E-state index in [1.807, 2.05) is 31.2 Å². The lowest BCUT2D eigenvalue weighted by atomic mass is 10.1. The molecule has 0 atom stereocenters. The first kappa shape index (κ1) is 19.7. The molecule has 0 saturated heterocycles. The van der Waals surface area contributed by atoms with Crippen LogP contribution < -0.4 is 14.8 Å². The van der Waals surface area contributed by atoms with Gasteiger partial charge < -0.3 is 14.8 Å². The van der Waals surface area contributed by atoms with E-state index in [0.717, 1.165) is 16.9 Å². The highest BCUT2D eigenvalue weighted by Gasteiger charge is 2.12. The van der Waals surface area contributed by atoms with Crippen molar-refractivity contribution in [1.29, 1.82) is 0 Å². The molecule has 0 aliphatic carbocycles. The van der Waals surface area contributed by atoms with E-state index in [1.54, 1.807) is 25.3 Å². The maximum atomic E-state index is 13.3. The van der Waals surface area contributed by atoms with Crippen LogP contribution in [0.2, 0.25) is 5.02 Å². The Bertz CT molecular complexity index is 990. The van der Waals surface area contributed by atoms with Crippen LogP contribution in [0.1, 0.15) is 21.5 Å². The van der Waals surface area contributed by atoms with Gasteiger partial charge >= 0.3 is 0 Å². The second-order valence-electron chi connectivity index (χ2n) is 6.21. The Morgan fingerprint density at radius 1 is 1.07 bits per heavy atom. The van der Waals surface area contributed by atoms with Crippen molar-refractivity contribution < 1.29 is 18.7 Å². The Balaban J connectivity index is 1.76. The van der Waals surface area contributed by atoms with Crippen LogP contribution in [0, 0.1) is 12.7 Å². The molecule has 1 amide bonds. The molecule has 0 aromatic heterocycles. The van der Waals surface area contributed by atoms with Crippen LogP contribution in [0.25, 0.3) is 0 Å². The number of methoxy groups -OCH3 is 1. The number of carbonyl (C=O) groups excluding carboxylic acids is 1. The van der Waals surface area contributed by atoms with Crippen molar-refractivity contribution in [3.05, 3.63) is 88.2 Å². The third-order valence-corrected chi connectivity index (χ3v) is 4.43. The molecule has 144 valence electrons. The maximum Gasteiger partial charge on any atom is 0.255 e. The Morgan fingerprint density at radius 3 is 2.50 bits per heavy atom. The van der Waals surface area contributed by atoms with E-state index in [1.165, 1.54) is 18.2 Å². The Morgan fingerprint density at radius 2 is 1.82 bits per heavy atom. The summed E-state index contributed by atoms with van der Waals surface area (Å²) < 4.78 is 24.4. The van der Waals surface area contributed by atoms with Crippen molar-refractivity contribution >= 4 is 23.2 Å². The quantitative estimate of drug-likeness (QED) is 0.584. The molecule has 0 aliphatic rings. The minimum absolute atomic E-state index is 0.0558. The van der Waals surface area contributed by atoms with E-state index < -0.39 is 5.82 Å². The van der Waals surface area contributed by atoms with Crippen molar-refractivity contribution in [3.8, 4) is 11.5 Å². The third kappa shape index (κ3) is 4.81. The number of rotatable bonds is 6. The number of hydrogen-bond donors (Lipinski definition) is 1. The van der Waals surface area contributed by atoms with E-state index in [4.69, 9.17) is 21.1 Å². The van der Waals surface area contributed by atoms with E-state index in [0.29, 0.717) is 17.0 Å². The SMILES string of the molecule is COc1ccc(C(=O)Nc2ccc(F)c(Cl)c2)cc1COc1ccc(C)cc1. The fourth-order valence-corrected chi connectivity index (χ4v) is 2.79. The van der Waals surface area contributed by atoms with Crippen LogP contribution >= 0.6 is 11.6 Å². The number of ether oxygens (including phenoxy) is 2. The van der Waals surface area contributed by atoms with Crippen molar-refractivity contribution in [3.63, 3.8) is 0 Å². The zero-order valence-electron chi connectivity index (χ0n) is 15.5. The number of nitrogens with one attached hydrogen (secondary N) is 1. The largest absolute Gasteiger partial charge is 0.496 e. The topological polar surface area (TPSA) is 47.6 Å². The number of anilines is 1. The number of benzene rings is 3. The summed E-state index contributed by atoms with van der Waals surface area (Å²) in [6.07, 6.45) is 0. The summed E-state index contributed by atoms with van der Waals surface area (Å²) in [5.41, 5.74) is 2.70. The van der Waals surface area contributed by atoms with Gasteiger partial charge in [0.05, 0.1) is 12.1 Å². The molecule has 28 heavy (non-hydrogen) atoms. The van der Waals surface area contributed by atoms with Gasteiger partial charge in [-0.3, -0.25) is 4.79 Å². The number of aryl methyl sites for hydroxylation is 1. The Hall–Kier alpha value is -3.05. The Labute approximate surface area is 167 Å². The van der Waals surface area contributed by atoms with Crippen molar-refractivity contribution in [2.45, 2.75) is 13.5 Å². The van der Waals surface area contributed by atoms with Gasteiger partial charge in [-0.15, -0.1) is 0 Å². The molecule has 0 saturated carbocycles. The normalized spacial score (nSPS) is 10.4. The summed E-state index contributed by atoms with van der Waals surface area (Å²) >= 11 is 5.76. The van der Waals surface area contributed by atoms with Gasteiger partial charge in [-0.05, 0) is 55.5 Å². The molecule has 0 bridgehead atoms. The maximum absolute atomic E-state index is 13.3. The van der Waals surface area contributed by atoms with Gasteiger partial charge in [-0.1, -0.05) is 29.3 Å². The lowest BCUT2D eigenvalue weighted by molar-refractivity contribution is 0.102. The smallest absolute Gasteiger partial charge is 0.255 e. The molecule has 3 aromatic rings. The minimum atomic E-state index is -0.542. The molecule has 3 rings (SSSR count). The standard InChI is InChI=1S/C22H19ClFNO3/c1-14-3-7-18(8-4-14)28-13-16-11-15(5-10-21(16)27-2)22(26)25-17-6-9-20(24)19(23)12-17/h3-12H,13H2,1-2H3,(H,25,26). The molecule has 0 unspecified atom stereocenters. The summed E-state index contributed by atoms with van der Waals surface area (Å²) in [7, 11) is 1.56. The van der Waals surface area contributed by atoms with Crippen LogP contribution in [-0.2, 0) is 6.61 Å². The zero-order chi connectivity index (χ0) is 20.1. The summed E-state index contributed by atoms with van der Waals surface area (Å²) in [5.74, 6) is 0.457. The highest BCUT2D eigenvalue weighted by Crippen LogP contribution is 2.24. The molecule has 0 fully saturated rings. The monoisotopic (exact) mass is 399 g/mol. The van der Waals surface area contributed by atoms with E-state index >= 15 is 0 Å². The average molecular weight is 400 g/mol. The zero-order valence-corrected chi connectivity index (χ0v) is 16.2. The first-order chi connectivity index (χ1) is 13.5. The van der Waals surface area contributed by atoms with Crippen molar-refractivity contribution in [2.24, 2.45) is 0 Å². The van der Waals surface area contributed by atoms with Crippen LogP contribution in [0.15, 0.2) is 60.7 Å². The molecular weight excluding hydrogens is 381 g/mol. The number of carbonyl (C=O) groups is 1. The first-order valence-electron chi connectivity index (χ1n) is 8.59. The molecule has 3 aromatic carbocycles. The molecule has 4 nitrogen and oxygen atoms in total. The number of halogens is 2.